The van der Waals surface area contributed by atoms with Crippen LogP contribution in [0.2, 0.25) is 0 Å². The normalized spacial score (nSPS) is 16.4. The van der Waals surface area contributed by atoms with Gasteiger partial charge in [-0.3, -0.25) is 4.79 Å². The first-order valence-electron chi connectivity index (χ1n) is 5.32. The van der Waals surface area contributed by atoms with Gasteiger partial charge in [-0.25, -0.2) is 4.39 Å². The average molecular weight is 258 g/mol. The lowest BCUT2D eigenvalue weighted by Crippen LogP contribution is -2.38. The van der Waals surface area contributed by atoms with E-state index in [4.69, 9.17) is 16.3 Å². The Balaban J connectivity index is 2.12. The highest BCUT2D eigenvalue weighted by Crippen LogP contribution is 2.36. The van der Waals surface area contributed by atoms with Crippen LogP contribution < -0.4 is 10.1 Å². The number of carbonyl (C=O) groups excluding carboxylic acids is 1. The molecule has 17 heavy (non-hydrogen) atoms. The largest absolute Gasteiger partial charge is 0.494 e. The number of amides is 1. The molecule has 2 rings (SSSR count). The van der Waals surface area contributed by atoms with Crippen LogP contribution in [0.25, 0.3) is 0 Å². The van der Waals surface area contributed by atoms with Crippen molar-refractivity contribution in [3.63, 3.8) is 0 Å². The molecule has 0 unspecified atom stereocenters. The van der Waals surface area contributed by atoms with Crippen LogP contribution in [0.1, 0.15) is 23.2 Å². The van der Waals surface area contributed by atoms with E-state index in [1.807, 2.05) is 0 Å². The number of benzene rings is 1. The fourth-order valence-electron chi connectivity index (χ4n) is 1.56. The van der Waals surface area contributed by atoms with Gasteiger partial charge in [0, 0.05) is 11.4 Å². The molecule has 0 bridgehead atoms. The molecule has 1 aromatic rings. The number of nitrogens with one attached hydrogen (secondary N) is 1. The average Bonchev–Trinajstić information content (AvgIpc) is 3.09. The Hall–Kier alpha value is -1.29. The van der Waals surface area contributed by atoms with E-state index in [-0.39, 0.29) is 22.8 Å². The van der Waals surface area contributed by atoms with E-state index in [0.29, 0.717) is 5.88 Å². The molecule has 1 fully saturated rings. The van der Waals surface area contributed by atoms with Gasteiger partial charge in [-0.15, -0.1) is 11.6 Å². The van der Waals surface area contributed by atoms with E-state index >= 15 is 0 Å². The number of hydrogen-bond acceptors (Lipinski definition) is 2. The Labute approximate surface area is 104 Å². The van der Waals surface area contributed by atoms with Gasteiger partial charge in [0.2, 0.25) is 0 Å². The van der Waals surface area contributed by atoms with E-state index in [1.54, 1.807) is 0 Å². The van der Waals surface area contributed by atoms with Crippen LogP contribution in [-0.4, -0.2) is 24.4 Å². The smallest absolute Gasteiger partial charge is 0.251 e. The summed E-state index contributed by atoms with van der Waals surface area (Å²) in [6.45, 7) is 0. The molecule has 0 heterocycles. The van der Waals surface area contributed by atoms with Gasteiger partial charge in [-0.2, -0.15) is 0 Å². The monoisotopic (exact) mass is 257 g/mol. The van der Waals surface area contributed by atoms with Crippen LogP contribution in [0.15, 0.2) is 18.2 Å². The van der Waals surface area contributed by atoms with Crippen molar-refractivity contribution in [2.75, 3.05) is 13.0 Å². The van der Waals surface area contributed by atoms with Gasteiger partial charge in [-0.05, 0) is 31.0 Å². The molecule has 1 N–H and O–H groups in total. The summed E-state index contributed by atoms with van der Waals surface area (Å²) in [5.74, 6) is -0.335. The van der Waals surface area contributed by atoms with Gasteiger partial charge in [0.15, 0.2) is 11.6 Å². The van der Waals surface area contributed by atoms with Crippen molar-refractivity contribution in [3.05, 3.63) is 29.6 Å². The van der Waals surface area contributed by atoms with E-state index in [1.165, 1.54) is 25.3 Å². The minimum Gasteiger partial charge on any atom is -0.494 e. The van der Waals surface area contributed by atoms with E-state index in [2.05, 4.69) is 5.32 Å². The number of alkyl halides is 1. The third-order valence-electron chi connectivity index (χ3n) is 2.90. The highest BCUT2D eigenvalue weighted by atomic mass is 35.5. The highest BCUT2D eigenvalue weighted by molar-refractivity contribution is 6.19. The first-order chi connectivity index (χ1) is 8.10. The number of carbonyl (C=O) groups is 1. The maximum Gasteiger partial charge on any atom is 0.251 e. The molecule has 3 nitrogen and oxygen atoms in total. The zero-order valence-electron chi connectivity index (χ0n) is 9.43. The number of rotatable bonds is 4. The van der Waals surface area contributed by atoms with E-state index in [0.717, 1.165) is 12.8 Å². The Morgan fingerprint density at radius 3 is 2.76 bits per heavy atom. The summed E-state index contributed by atoms with van der Waals surface area (Å²) >= 11 is 5.76. The van der Waals surface area contributed by atoms with Crippen LogP contribution in [0, 0.1) is 5.82 Å². The Morgan fingerprint density at radius 2 is 2.29 bits per heavy atom. The summed E-state index contributed by atoms with van der Waals surface area (Å²) in [6.07, 6.45) is 1.75. The predicted octanol–water partition coefficient (Wildman–Crippen LogP) is 2.34. The van der Waals surface area contributed by atoms with Crippen molar-refractivity contribution in [2.24, 2.45) is 0 Å². The van der Waals surface area contributed by atoms with E-state index < -0.39 is 5.82 Å². The molecule has 0 aromatic heterocycles. The SMILES string of the molecule is COc1ccc(C(=O)NC2(CCl)CC2)cc1F. The third kappa shape index (κ3) is 2.52. The molecule has 0 aliphatic heterocycles. The lowest BCUT2D eigenvalue weighted by atomic mass is 10.1. The molecular weight excluding hydrogens is 245 g/mol. The van der Waals surface area contributed by atoms with Crippen molar-refractivity contribution in [2.45, 2.75) is 18.4 Å². The molecular formula is C12H13ClFNO2. The van der Waals surface area contributed by atoms with Crippen LogP contribution in [0.3, 0.4) is 0 Å². The molecule has 0 radical (unpaired) electrons. The van der Waals surface area contributed by atoms with Crippen molar-refractivity contribution in [1.82, 2.24) is 5.32 Å². The maximum absolute atomic E-state index is 13.4. The van der Waals surface area contributed by atoms with Crippen molar-refractivity contribution in [3.8, 4) is 5.75 Å². The van der Waals surface area contributed by atoms with Gasteiger partial charge >= 0.3 is 0 Å². The summed E-state index contributed by atoms with van der Waals surface area (Å²) in [5, 5.41) is 2.82. The van der Waals surface area contributed by atoms with Crippen LogP contribution in [0.4, 0.5) is 4.39 Å². The molecule has 1 aliphatic carbocycles. The summed E-state index contributed by atoms with van der Waals surface area (Å²) in [6, 6.07) is 4.13. The van der Waals surface area contributed by atoms with Crippen molar-refractivity contribution < 1.29 is 13.9 Å². The fourth-order valence-corrected chi connectivity index (χ4v) is 1.90. The topological polar surface area (TPSA) is 38.3 Å². The summed E-state index contributed by atoms with van der Waals surface area (Å²) in [5.41, 5.74) is -0.00520. The third-order valence-corrected chi connectivity index (χ3v) is 3.41. The minimum absolute atomic E-state index is 0.125. The van der Waals surface area contributed by atoms with Crippen molar-refractivity contribution >= 4 is 17.5 Å². The molecule has 0 spiro atoms. The number of methoxy groups -OCH3 is 1. The molecule has 1 aliphatic rings. The van der Waals surface area contributed by atoms with Crippen LogP contribution in [0.5, 0.6) is 5.75 Å². The first kappa shape index (κ1) is 12.2. The lowest BCUT2D eigenvalue weighted by molar-refractivity contribution is 0.0935. The molecule has 0 atom stereocenters. The number of ether oxygens (including phenoxy) is 1. The zero-order valence-corrected chi connectivity index (χ0v) is 10.2. The van der Waals surface area contributed by atoms with E-state index in [9.17, 15) is 9.18 Å². The molecule has 1 aromatic carbocycles. The minimum atomic E-state index is -0.545. The zero-order chi connectivity index (χ0) is 12.5. The predicted molar refractivity (Wildman–Crippen MR) is 63.1 cm³/mol. The van der Waals surface area contributed by atoms with Gasteiger partial charge < -0.3 is 10.1 Å². The molecule has 1 amide bonds. The Morgan fingerprint density at radius 1 is 1.59 bits per heavy atom. The molecule has 92 valence electrons. The van der Waals surface area contributed by atoms with Crippen LogP contribution >= 0.6 is 11.6 Å². The lowest BCUT2D eigenvalue weighted by Gasteiger charge is -2.14. The fraction of sp³-hybridized carbons (Fsp3) is 0.417. The molecule has 5 heteroatoms. The second kappa shape index (κ2) is 4.53. The number of halogens is 2. The molecule has 1 saturated carbocycles. The summed E-state index contributed by atoms with van der Waals surface area (Å²) in [7, 11) is 1.38. The summed E-state index contributed by atoms with van der Waals surface area (Å²) < 4.78 is 18.2. The number of hydrogen-bond donors (Lipinski definition) is 1. The molecule has 0 saturated heterocycles. The highest BCUT2D eigenvalue weighted by Gasteiger charge is 2.43. The van der Waals surface area contributed by atoms with Crippen LogP contribution in [-0.2, 0) is 0 Å². The standard InChI is InChI=1S/C12H13ClFNO2/c1-17-10-3-2-8(6-9(10)14)11(16)15-12(7-13)4-5-12/h2-3,6H,4-5,7H2,1H3,(H,15,16). The van der Waals surface area contributed by atoms with Gasteiger partial charge in [-0.1, -0.05) is 0 Å². The van der Waals surface area contributed by atoms with Crippen molar-refractivity contribution in [1.29, 1.82) is 0 Å². The van der Waals surface area contributed by atoms with Gasteiger partial charge in [0.25, 0.3) is 5.91 Å². The Bertz CT molecular complexity index is 446. The summed E-state index contributed by atoms with van der Waals surface area (Å²) in [4.78, 5) is 11.8. The van der Waals surface area contributed by atoms with Gasteiger partial charge in [0.05, 0.1) is 12.6 Å². The van der Waals surface area contributed by atoms with Gasteiger partial charge in [0.1, 0.15) is 0 Å². The Kier molecular flexibility index (Phi) is 3.24. The second-order valence-corrected chi connectivity index (χ2v) is 4.48. The quantitative estimate of drug-likeness (QED) is 0.841. The first-order valence-corrected chi connectivity index (χ1v) is 5.86. The maximum atomic E-state index is 13.4. The second-order valence-electron chi connectivity index (χ2n) is 4.22.